The number of imidazole rings is 1. The molecule has 0 bridgehead atoms. The van der Waals surface area contributed by atoms with Gasteiger partial charge in [0.15, 0.2) is 0 Å². The van der Waals surface area contributed by atoms with E-state index < -0.39 is 0 Å². The van der Waals surface area contributed by atoms with Crippen LogP contribution in [0.3, 0.4) is 0 Å². The van der Waals surface area contributed by atoms with Gasteiger partial charge in [0.2, 0.25) is 0 Å². The minimum atomic E-state index is 0.713. The second kappa shape index (κ2) is 14.5. The number of nitrogens with one attached hydrogen (secondary N) is 1. The van der Waals surface area contributed by atoms with E-state index in [1.807, 2.05) is 37.1 Å². The third-order valence-corrected chi connectivity index (χ3v) is 3.94. The number of hydrogen-bond acceptors (Lipinski definition) is 3. The lowest BCUT2D eigenvalue weighted by atomic mass is 10.0. The van der Waals surface area contributed by atoms with Gasteiger partial charge >= 0.3 is 0 Å². The fourth-order valence-corrected chi connectivity index (χ4v) is 2.82. The third kappa shape index (κ3) is 13.3. The number of H-pyrrole nitrogens is 1. The average molecular weight is 395 g/mol. The summed E-state index contributed by atoms with van der Waals surface area (Å²) in [5, 5.41) is 0. The molecule has 158 valence electrons. The predicted molar refractivity (Wildman–Crippen MR) is 123 cm³/mol. The van der Waals surface area contributed by atoms with Crippen LogP contribution in [-0.2, 0) is 19.3 Å². The zero-order valence-electron chi connectivity index (χ0n) is 19.0. The Labute approximate surface area is 177 Å². The van der Waals surface area contributed by atoms with Gasteiger partial charge in [-0.2, -0.15) is 0 Å². The Morgan fingerprint density at radius 1 is 0.655 bits per heavy atom. The van der Waals surface area contributed by atoms with E-state index in [0.717, 1.165) is 31.1 Å². The Hall–Kier alpha value is -2.49. The number of rotatable bonds is 6. The average Bonchev–Trinajstić information content (AvgIpc) is 3.16. The summed E-state index contributed by atoms with van der Waals surface area (Å²) >= 11 is 0. The maximum Gasteiger partial charge on any atom is 0.0921 e. The summed E-state index contributed by atoms with van der Waals surface area (Å²) in [5.41, 5.74) is 3.94. The molecule has 0 amide bonds. The van der Waals surface area contributed by atoms with Crippen molar-refractivity contribution in [3.63, 3.8) is 0 Å². The summed E-state index contributed by atoms with van der Waals surface area (Å²) in [5.74, 6) is 2.18. The minimum Gasteiger partial charge on any atom is -0.348 e. The van der Waals surface area contributed by atoms with Crippen LogP contribution < -0.4 is 0 Å². The first-order chi connectivity index (χ1) is 13.9. The van der Waals surface area contributed by atoms with Crippen molar-refractivity contribution in [2.24, 2.45) is 17.8 Å². The first-order valence-electron chi connectivity index (χ1n) is 10.6. The first kappa shape index (κ1) is 24.5. The lowest BCUT2D eigenvalue weighted by Gasteiger charge is -2.02. The Morgan fingerprint density at radius 3 is 1.76 bits per heavy atom. The highest BCUT2D eigenvalue weighted by molar-refractivity contribution is 5.10. The predicted octanol–water partition coefficient (Wildman–Crippen LogP) is 6.17. The van der Waals surface area contributed by atoms with E-state index >= 15 is 0 Å². The first-order valence-corrected chi connectivity index (χ1v) is 10.6. The molecule has 0 fully saturated rings. The van der Waals surface area contributed by atoms with Gasteiger partial charge in [-0.05, 0) is 66.3 Å². The van der Waals surface area contributed by atoms with Crippen LogP contribution in [0.1, 0.15) is 58.4 Å². The van der Waals surface area contributed by atoms with E-state index in [1.54, 1.807) is 6.33 Å². The van der Waals surface area contributed by atoms with Crippen molar-refractivity contribution in [1.82, 2.24) is 19.9 Å². The van der Waals surface area contributed by atoms with Crippen molar-refractivity contribution in [2.75, 3.05) is 0 Å². The van der Waals surface area contributed by atoms with Crippen molar-refractivity contribution < 1.29 is 0 Å². The molecule has 0 aromatic carbocycles. The van der Waals surface area contributed by atoms with Crippen molar-refractivity contribution in [3.05, 3.63) is 78.4 Å². The number of hydrogen-bond donors (Lipinski definition) is 1. The van der Waals surface area contributed by atoms with Crippen LogP contribution in [0, 0.1) is 17.8 Å². The van der Waals surface area contributed by atoms with E-state index in [4.69, 9.17) is 0 Å². The van der Waals surface area contributed by atoms with E-state index in [2.05, 4.69) is 79.7 Å². The largest absolute Gasteiger partial charge is 0.348 e. The van der Waals surface area contributed by atoms with E-state index in [-0.39, 0.29) is 0 Å². The Balaban J connectivity index is 0.000000218. The molecule has 0 aliphatic heterocycles. The van der Waals surface area contributed by atoms with Crippen LogP contribution in [0.5, 0.6) is 0 Å². The maximum atomic E-state index is 4.04. The minimum absolute atomic E-state index is 0.713. The monoisotopic (exact) mass is 394 g/mol. The maximum absolute atomic E-state index is 4.04. The molecule has 4 heteroatoms. The molecule has 3 rings (SSSR count). The van der Waals surface area contributed by atoms with Crippen molar-refractivity contribution in [3.8, 4) is 0 Å². The second-order valence-electron chi connectivity index (χ2n) is 8.59. The van der Waals surface area contributed by atoms with Crippen LogP contribution in [0.25, 0.3) is 0 Å². The van der Waals surface area contributed by atoms with Gasteiger partial charge in [0.05, 0.1) is 6.33 Å². The number of nitrogens with zero attached hydrogens (tertiary/aromatic N) is 3. The summed E-state index contributed by atoms with van der Waals surface area (Å²) < 4.78 is 0. The zero-order valence-corrected chi connectivity index (χ0v) is 19.0. The number of aromatic nitrogens is 4. The molecular weight excluding hydrogens is 356 g/mol. The molecule has 0 radical (unpaired) electrons. The summed E-state index contributed by atoms with van der Waals surface area (Å²) in [7, 11) is 0. The molecule has 4 nitrogen and oxygen atoms in total. The van der Waals surface area contributed by atoms with Crippen molar-refractivity contribution >= 4 is 0 Å². The summed E-state index contributed by atoms with van der Waals surface area (Å²) in [6, 6.07) is 8.24. The third-order valence-electron chi connectivity index (χ3n) is 3.94. The molecule has 29 heavy (non-hydrogen) atoms. The van der Waals surface area contributed by atoms with E-state index in [0.29, 0.717) is 5.92 Å². The smallest absolute Gasteiger partial charge is 0.0921 e. The Bertz CT molecular complexity index is 675. The van der Waals surface area contributed by atoms with E-state index in [1.165, 1.54) is 16.8 Å². The molecule has 0 saturated heterocycles. The fraction of sp³-hybridized carbons (Fsp3) is 0.480. The standard InChI is InChI=1S/2C9H13N.C7H12N2/c1-8(2)7-9-3-5-10-6-4-9;1-8(2)6-9-4-3-5-10-7-9;1-6(2)3-7-4-8-5-9-7/h3-6,8H,7H2,1-2H3;3-5,7-8H,6H2,1-2H3;4-6H,3H2,1-2H3,(H,8,9). The van der Waals surface area contributed by atoms with Gasteiger partial charge in [-0.3, -0.25) is 9.97 Å². The van der Waals surface area contributed by atoms with Gasteiger partial charge in [0.25, 0.3) is 0 Å². The molecule has 3 heterocycles. The van der Waals surface area contributed by atoms with Crippen LogP contribution in [0.4, 0.5) is 0 Å². The molecule has 0 aliphatic rings. The lowest BCUT2D eigenvalue weighted by Crippen LogP contribution is -1.93. The van der Waals surface area contributed by atoms with Crippen LogP contribution in [0.2, 0.25) is 0 Å². The molecule has 0 atom stereocenters. The van der Waals surface area contributed by atoms with Gasteiger partial charge in [-0.1, -0.05) is 47.6 Å². The van der Waals surface area contributed by atoms with Gasteiger partial charge < -0.3 is 4.98 Å². The summed E-state index contributed by atoms with van der Waals surface area (Å²) in [6.07, 6.45) is 14.4. The highest BCUT2D eigenvalue weighted by atomic mass is 14.9. The summed E-state index contributed by atoms with van der Waals surface area (Å²) in [4.78, 5) is 15.0. The molecule has 0 aliphatic carbocycles. The quantitative estimate of drug-likeness (QED) is 0.544. The fourth-order valence-electron chi connectivity index (χ4n) is 2.82. The van der Waals surface area contributed by atoms with Gasteiger partial charge in [0.1, 0.15) is 0 Å². The highest BCUT2D eigenvalue weighted by Gasteiger charge is 1.96. The SMILES string of the molecule is CC(C)Cc1cccnc1.CC(C)Cc1ccncc1.CC(C)Cc1cnc[nH]1. The summed E-state index contributed by atoms with van der Waals surface area (Å²) in [6.45, 7) is 13.3. The van der Waals surface area contributed by atoms with Gasteiger partial charge in [-0.15, -0.1) is 0 Å². The highest BCUT2D eigenvalue weighted by Crippen LogP contribution is 2.05. The molecule has 1 N–H and O–H groups in total. The second-order valence-corrected chi connectivity index (χ2v) is 8.59. The van der Waals surface area contributed by atoms with Crippen molar-refractivity contribution in [2.45, 2.75) is 60.8 Å². The Morgan fingerprint density at radius 2 is 1.28 bits per heavy atom. The van der Waals surface area contributed by atoms with Crippen molar-refractivity contribution in [1.29, 1.82) is 0 Å². The van der Waals surface area contributed by atoms with Crippen LogP contribution in [-0.4, -0.2) is 19.9 Å². The zero-order chi connectivity index (χ0) is 21.5. The number of aromatic amines is 1. The normalized spacial score (nSPS) is 10.4. The molecule has 0 unspecified atom stereocenters. The molecule has 0 spiro atoms. The van der Waals surface area contributed by atoms with Gasteiger partial charge in [-0.25, -0.2) is 4.98 Å². The van der Waals surface area contributed by atoms with Gasteiger partial charge in [0, 0.05) is 36.7 Å². The Kier molecular flexibility index (Phi) is 12.3. The van der Waals surface area contributed by atoms with E-state index in [9.17, 15) is 0 Å². The van der Waals surface area contributed by atoms with Crippen LogP contribution >= 0.6 is 0 Å². The molecule has 3 aromatic rings. The number of pyridine rings is 2. The lowest BCUT2D eigenvalue weighted by molar-refractivity contribution is 0.637. The molecule has 3 aromatic heterocycles. The molecule has 0 saturated carbocycles. The topological polar surface area (TPSA) is 54.5 Å². The van der Waals surface area contributed by atoms with Crippen LogP contribution in [0.15, 0.2) is 61.6 Å². The molecular formula is C25H38N4.